The zero-order valence-corrected chi connectivity index (χ0v) is 21.7. The van der Waals surface area contributed by atoms with Crippen LogP contribution in [0.15, 0.2) is 66.7 Å². The maximum absolute atomic E-state index is 12.9. The lowest BCUT2D eigenvalue weighted by atomic mass is 10.1. The number of nitrogens with zero attached hydrogens (tertiary/aromatic N) is 2. The summed E-state index contributed by atoms with van der Waals surface area (Å²) in [5, 5.41) is 1.51. The molecule has 0 unspecified atom stereocenters. The Hall–Kier alpha value is -2.28. The molecule has 1 saturated heterocycles. The van der Waals surface area contributed by atoms with E-state index in [1.165, 1.54) is 0 Å². The van der Waals surface area contributed by atoms with E-state index in [0.29, 0.717) is 46.9 Å². The molecule has 0 saturated carbocycles. The summed E-state index contributed by atoms with van der Waals surface area (Å²) < 4.78 is 11.7. The van der Waals surface area contributed by atoms with Crippen molar-refractivity contribution in [3.63, 3.8) is 0 Å². The number of ether oxygens (including phenoxy) is 2. The van der Waals surface area contributed by atoms with Gasteiger partial charge in [-0.2, -0.15) is 0 Å². The van der Waals surface area contributed by atoms with E-state index in [2.05, 4.69) is 4.90 Å². The van der Waals surface area contributed by atoms with E-state index < -0.39 is 0 Å². The summed E-state index contributed by atoms with van der Waals surface area (Å²) in [6.45, 7) is 3.92. The fourth-order valence-electron chi connectivity index (χ4n) is 4.07. The van der Waals surface area contributed by atoms with Gasteiger partial charge in [-0.1, -0.05) is 59.1 Å². The monoisotopic (exact) mass is 532 g/mol. The average Bonchev–Trinajstić information content (AvgIpc) is 2.89. The zero-order chi connectivity index (χ0) is 24.8. The van der Waals surface area contributed by atoms with Gasteiger partial charge in [-0.15, -0.1) is 0 Å². The first-order valence-corrected chi connectivity index (χ1v) is 12.5. The Bertz CT molecular complexity index is 1150. The van der Waals surface area contributed by atoms with E-state index in [0.717, 1.165) is 30.0 Å². The van der Waals surface area contributed by atoms with Crippen molar-refractivity contribution in [3.05, 3.63) is 98.5 Å². The van der Waals surface area contributed by atoms with Crippen molar-refractivity contribution in [2.24, 2.45) is 0 Å². The van der Waals surface area contributed by atoms with Gasteiger partial charge < -0.3 is 14.4 Å². The van der Waals surface area contributed by atoms with Crippen LogP contribution in [0.25, 0.3) is 0 Å². The lowest BCUT2D eigenvalue weighted by Gasteiger charge is -2.36. The highest BCUT2D eigenvalue weighted by Crippen LogP contribution is 2.26. The maximum Gasteiger partial charge on any atom is 0.253 e. The lowest BCUT2D eigenvalue weighted by molar-refractivity contribution is 0.00337. The number of carbonyl (C=O) groups excluding carboxylic acids is 1. The van der Waals surface area contributed by atoms with Crippen molar-refractivity contribution in [3.8, 4) is 5.75 Å². The standard InChI is InChI=1S/C27H27Cl3N2O3/c1-34-23-4-2-3-19(15-23)18-35-26(20-5-8-22(28)9-6-20)17-31-11-13-32(14-12-31)27(33)21-7-10-24(29)25(30)16-21/h2-10,15-16,26H,11-14,17-18H2,1H3/t26-/m0/s1. The van der Waals surface area contributed by atoms with Crippen molar-refractivity contribution < 1.29 is 14.3 Å². The van der Waals surface area contributed by atoms with Gasteiger partial charge in [0.2, 0.25) is 0 Å². The predicted octanol–water partition coefficient (Wildman–Crippen LogP) is 6.37. The van der Waals surface area contributed by atoms with Gasteiger partial charge in [-0.25, -0.2) is 0 Å². The minimum atomic E-state index is -0.143. The number of piperazine rings is 1. The average molecular weight is 534 g/mol. The molecule has 1 heterocycles. The number of benzene rings is 3. The number of rotatable bonds is 8. The first-order valence-electron chi connectivity index (χ1n) is 11.4. The molecule has 0 aromatic heterocycles. The highest BCUT2D eigenvalue weighted by molar-refractivity contribution is 6.42. The summed E-state index contributed by atoms with van der Waals surface area (Å²) in [5.41, 5.74) is 2.65. The summed E-state index contributed by atoms with van der Waals surface area (Å²) in [7, 11) is 1.66. The maximum atomic E-state index is 12.9. The molecule has 0 aliphatic carbocycles. The predicted molar refractivity (Wildman–Crippen MR) is 141 cm³/mol. The molecule has 5 nitrogen and oxygen atoms in total. The van der Waals surface area contributed by atoms with E-state index in [1.54, 1.807) is 25.3 Å². The van der Waals surface area contributed by atoms with Crippen LogP contribution < -0.4 is 4.74 Å². The number of amides is 1. The van der Waals surface area contributed by atoms with Crippen molar-refractivity contribution >= 4 is 40.7 Å². The number of carbonyl (C=O) groups is 1. The van der Waals surface area contributed by atoms with E-state index >= 15 is 0 Å². The van der Waals surface area contributed by atoms with Crippen LogP contribution in [0.1, 0.15) is 27.6 Å². The molecule has 0 radical (unpaired) electrons. The van der Waals surface area contributed by atoms with Gasteiger partial charge in [0.25, 0.3) is 5.91 Å². The molecule has 184 valence electrons. The van der Waals surface area contributed by atoms with E-state index in [9.17, 15) is 4.79 Å². The molecule has 0 N–H and O–H groups in total. The number of hydrogen-bond donors (Lipinski definition) is 0. The fourth-order valence-corrected chi connectivity index (χ4v) is 4.49. The zero-order valence-electron chi connectivity index (χ0n) is 19.4. The molecule has 1 aliphatic rings. The van der Waals surface area contributed by atoms with Crippen LogP contribution in [0.4, 0.5) is 0 Å². The van der Waals surface area contributed by atoms with Crippen molar-refractivity contribution in [1.82, 2.24) is 9.80 Å². The molecule has 3 aromatic rings. The summed E-state index contributed by atoms with van der Waals surface area (Å²) in [6.07, 6.45) is -0.143. The number of hydrogen-bond acceptors (Lipinski definition) is 4. The minimum Gasteiger partial charge on any atom is -0.497 e. The van der Waals surface area contributed by atoms with Gasteiger partial charge in [0, 0.05) is 43.3 Å². The molecular weight excluding hydrogens is 507 g/mol. The second-order valence-corrected chi connectivity index (χ2v) is 9.68. The Morgan fingerprint density at radius 2 is 1.66 bits per heavy atom. The second-order valence-electron chi connectivity index (χ2n) is 8.42. The SMILES string of the molecule is COc1cccc(CO[C@@H](CN2CCN(C(=O)c3ccc(Cl)c(Cl)c3)CC2)c2ccc(Cl)cc2)c1. The Kier molecular flexibility index (Phi) is 8.93. The van der Waals surface area contributed by atoms with Crippen molar-refractivity contribution in [2.75, 3.05) is 39.8 Å². The molecule has 1 fully saturated rings. The van der Waals surface area contributed by atoms with Crippen LogP contribution in [-0.4, -0.2) is 55.5 Å². The molecule has 8 heteroatoms. The third kappa shape index (κ3) is 6.90. The lowest BCUT2D eigenvalue weighted by Crippen LogP contribution is -2.49. The van der Waals surface area contributed by atoms with Crippen molar-refractivity contribution in [2.45, 2.75) is 12.7 Å². The molecule has 4 rings (SSSR count). The summed E-state index contributed by atoms with van der Waals surface area (Å²) in [6, 6.07) is 20.6. The molecule has 0 spiro atoms. The number of halogens is 3. The van der Waals surface area contributed by atoms with Crippen LogP contribution in [0.2, 0.25) is 15.1 Å². The minimum absolute atomic E-state index is 0.0354. The van der Waals surface area contributed by atoms with Gasteiger partial charge in [0.15, 0.2) is 0 Å². The topological polar surface area (TPSA) is 42.0 Å². The second kappa shape index (κ2) is 12.1. The molecular formula is C27H27Cl3N2O3. The quantitative estimate of drug-likeness (QED) is 0.337. The summed E-state index contributed by atoms with van der Waals surface area (Å²) in [4.78, 5) is 17.1. The van der Waals surface area contributed by atoms with Crippen LogP contribution in [0.3, 0.4) is 0 Å². The molecule has 0 bridgehead atoms. The Morgan fingerprint density at radius 3 is 2.34 bits per heavy atom. The van der Waals surface area contributed by atoms with E-state index in [4.69, 9.17) is 44.3 Å². The Morgan fingerprint density at radius 1 is 0.914 bits per heavy atom. The Labute approximate surface area is 221 Å². The Balaban J connectivity index is 1.39. The van der Waals surface area contributed by atoms with Gasteiger partial charge in [0.1, 0.15) is 5.75 Å². The van der Waals surface area contributed by atoms with E-state index in [-0.39, 0.29) is 12.0 Å². The van der Waals surface area contributed by atoms with Crippen LogP contribution in [0.5, 0.6) is 5.75 Å². The molecule has 1 aliphatic heterocycles. The smallest absolute Gasteiger partial charge is 0.253 e. The highest BCUT2D eigenvalue weighted by atomic mass is 35.5. The summed E-state index contributed by atoms with van der Waals surface area (Å²) >= 11 is 18.2. The fraction of sp³-hybridized carbons (Fsp3) is 0.296. The van der Waals surface area contributed by atoms with Gasteiger partial charge in [0.05, 0.1) is 29.9 Å². The third-order valence-electron chi connectivity index (χ3n) is 6.08. The number of methoxy groups -OCH3 is 1. The molecule has 1 amide bonds. The van der Waals surface area contributed by atoms with Crippen molar-refractivity contribution in [1.29, 1.82) is 0 Å². The molecule has 1 atom stereocenters. The highest BCUT2D eigenvalue weighted by Gasteiger charge is 2.25. The largest absolute Gasteiger partial charge is 0.497 e. The van der Waals surface area contributed by atoms with Gasteiger partial charge in [-0.05, 0) is 53.6 Å². The first-order chi connectivity index (χ1) is 16.9. The summed E-state index contributed by atoms with van der Waals surface area (Å²) in [5.74, 6) is 0.767. The van der Waals surface area contributed by atoms with E-state index in [1.807, 2.05) is 53.4 Å². The van der Waals surface area contributed by atoms with Crippen LogP contribution in [0, 0.1) is 0 Å². The van der Waals surface area contributed by atoms with Crippen LogP contribution in [-0.2, 0) is 11.3 Å². The van der Waals surface area contributed by atoms with Gasteiger partial charge in [-0.3, -0.25) is 9.69 Å². The normalized spacial score (nSPS) is 15.1. The van der Waals surface area contributed by atoms with Crippen LogP contribution >= 0.6 is 34.8 Å². The van der Waals surface area contributed by atoms with Gasteiger partial charge >= 0.3 is 0 Å². The molecule has 35 heavy (non-hydrogen) atoms. The first kappa shape index (κ1) is 25.8. The molecule has 3 aromatic carbocycles. The third-order valence-corrected chi connectivity index (χ3v) is 7.07.